The quantitative estimate of drug-likeness (QED) is 0.415. The monoisotopic (exact) mass is 395 g/mol. The lowest BCUT2D eigenvalue weighted by atomic mass is 10.1. The number of pyridine rings is 1. The highest BCUT2D eigenvalue weighted by molar-refractivity contribution is 5.92. The zero-order valence-electron chi connectivity index (χ0n) is 16.3. The summed E-state index contributed by atoms with van der Waals surface area (Å²) >= 11 is 0. The summed E-state index contributed by atoms with van der Waals surface area (Å²) in [6.45, 7) is 0. The van der Waals surface area contributed by atoms with Gasteiger partial charge in [0.05, 0.1) is 24.0 Å². The summed E-state index contributed by atoms with van der Waals surface area (Å²) in [6, 6.07) is 30.5. The van der Waals surface area contributed by atoms with E-state index in [1.54, 1.807) is 6.20 Å². The molecule has 5 heteroatoms. The molecule has 4 aromatic rings. The Morgan fingerprint density at radius 3 is 2.23 bits per heavy atom. The largest absolute Gasteiger partial charge is 0.455 e. The third-order valence-electron chi connectivity index (χ3n) is 4.38. The van der Waals surface area contributed by atoms with E-state index in [-0.39, 0.29) is 5.91 Å². The standard InChI is InChI=1S/C25H21N3O2/c29-25(17-19-9-3-1-4-10-19)27-20-15-16-24(26-18-20)28-22-13-7-8-14-23(22)30-21-11-5-2-6-12-21/h1-16,18H,17H2,(H,26,28)(H,27,29). The van der Waals surface area contributed by atoms with Gasteiger partial charge in [-0.15, -0.1) is 0 Å². The molecule has 0 saturated heterocycles. The van der Waals surface area contributed by atoms with Gasteiger partial charge in [-0.1, -0.05) is 60.7 Å². The minimum Gasteiger partial charge on any atom is -0.455 e. The first-order chi connectivity index (χ1) is 14.8. The lowest BCUT2D eigenvalue weighted by Gasteiger charge is -2.13. The van der Waals surface area contributed by atoms with Gasteiger partial charge in [0.2, 0.25) is 5.91 Å². The Balaban J connectivity index is 1.40. The second-order valence-corrected chi connectivity index (χ2v) is 6.68. The van der Waals surface area contributed by atoms with Crippen LogP contribution in [0.3, 0.4) is 0 Å². The fourth-order valence-corrected chi connectivity index (χ4v) is 2.94. The maximum atomic E-state index is 12.2. The molecule has 0 fully saturated rings. The van der Waals surface area contributed by atoms with Crippen LogP contribution in [0.1, 0.15) is 5.56 Å². The molecule has 1 aromatic heterocycles. The number of carbonyl (C=O) groups is 1. The Bertz CT molecular complexity index is 1100. The number of hydrogen-bond acceptors (Lipinski definition) is 4. The number of benzene rings is 3. The van der Waals surface area contributed by atoms with Crippen LogP contribution in [-0.2, 0) is 11.2 Å². The van der Waals surface area contributed by atoms with Gasteiger partial charge >= 0.3 is 0 Å². The number of ether oxygens (including phenoxy) is 1. The summed E-state index contributed by atoms with van der Waals surface area (Å²) in [6.07, 6.45) is 1.96. The van der Waals surface area contributed by atoms with Crippen molar-refractivity contribution in [1.29, 1.82) is 0 Å². The van der Waals surface area contributed by atoms with Crippen LogP contribution < -0.4 is 15.4 Å². The van der Waals surface area contributed by atoms with E-state index in [4.69, 9.17) is 4.74 Å². The molecular formula is C25H21N3O2. The highest BCUT2D eigenvalue weighted by Gasteiger charge is 2.07. The van der Waals surface area contributed by atoms with Crippen LogP contribution in [0.25, 0.3) is 0 Å². The Labute approximate surface area is 175 Å². The third kappa shape index (κ3) is 5.23. The van der Waals surface area contributed by atoms with Crippen molar-refractivity contribution in [3.63, 3.8) is 0 Å². The number of nitrogens with zero attached hydrogens (tertiary/aromatic N) is 1. The molecule has 4 rings (SSSR count). The zero-order valence-corrected chi connectivity index (χ0v) is 16.3. The molecule has 0 saturated carbocycles. The molecule has 0 atom stereocenters. The highest BCUT2D eigenvalue weighted by Crippen LogP contribution is 2.31. The minimum atomic E-state index is -0.0784. The van der Waals surface area contributed by atoms with Crippen LogP contribution in [0.2, 0.25) is 0 Å². The number of aromatic nitrogens is 1. The van der Waals surface area contributed by atoms with E-state index in [1.165, 1.54) is 0 Å². The molecule has 1 heterocycles. The molecule has 3 aromatic carbocycles. The first kappa shape index (κ1) is 19.2. The van der Waals surface area contributed by atoms with Gasteiger partial charge in [-0.25, -0.2) is 4.98 Å². The van der Waals surface area contributed by atoms with Crippen molar-refractivity contribution in [3.05, 3.63) is 109 Å². The minimum absolute atomic E-state index is 0.0784. The van der Waals surface area contributed by atoms with Crippen molar-refractivity contribution in [1.82, 2.24) is 4.98 Å². The molecule has 148 valence electrons. The first-order valence-electron chi connectivity index (χ1n) is 9.65. The molecule has 30 heavy (non-hydrogen) atoms. The molecule has 0 aliphatic carbocycles. The Kier molecular flexibility index (Phi) is 6.01. The summed E-state index contributed by atoms with van der Waals surface area (Å²) in [7, 11) is 0. The summed E-state index contributed by atoms with van der Waals surface area (Å²) in [5.74, 6) is 2.03. The lowest BCUT2D eigenvalue weighted by Crippen LogP contribution is -2.14. The maximum Gasteiger partial charge on any atom is 0.228 e. The number of carbonyl (C=O) groups excluding carboxylic acids is 1. The second kappa shape index (κ2) is 9.39. The summed E-state index contributed by atoms with van der Waals surface area (Å²) in [5.41, 5.74) is 2.42. The predicted octanol–water partition coefficient (Wildman–Crippen LogP) is 5.80. The normalized spacial score (nSPS) is 10.3. The van der Waals surface area contributed by atoms with Gasteiger partial charge in [0.1, 0.15) is 11.6 Å². The summed E-state index contributed by atoms with van der Waals surface area (Å²) in [5, 5.41) is 6.14. The van der Waals surface area contributed by atoms with E-state index in [1.807, 2.05) is 97.1 Å². The molecule has 5 nitrogen and oxygen atoms in total. The summed E-state index contributed by atoms with van der Waals surface area (Å²) in [4.78, 5) is 16.6. The van der Waals surface area contributed by atoms with Crippen molar-refractivity contribution in [2.24, 2.45) is 0 Å². The third-order valence-corrected chi connectivity index (χ3v) is 4.38. The van der Waals surface area contributed by atoms with E-state index >= 15 is 0 Å². The lowest BCUT2D eigenvalue weighted by molar-refractivity contribution is -0.115. The molecule has 1 amide bonds. The van der Waals surface area contributed by atoms with E-state index < -0.39 is 0 Å². The van der Waals surface area contributed by atoms with Gasteiger partial charge in [0.15, 0.2) is 5.75 Å². The van der Waals surface area contributed by atoms with Crippen LogP contribution in [0.5, 0.6) is 11.5 Å². The number of hydrogen-bond donors (Lipinski definition) is 2. The van der Waals surface area contributed by atoms with Gasteiger partial charge < -0.3 is 15.4 Å². The first-order valence-corrected chi connectivity index (χ1v) is 9.65. The van der Waals surface area contributed by atoms with Crippen LogP contribution in [0.4, 0.5) is 17.2 Å². The number of rotatable bonds is 7. The van der Waals surface area contributed by atoms with Crippen molar-refractivity contribution in [3.8, 4) is 11.5 Å². The Morgan fingerprint density at radius 2 is 1.50 bits per heavy atom. The molecule has 0 radical (unpaired) electrons. The van der Waals surface area contributed by atoms with Gasteiger partial charge in [-0.3, -0.25) is 4.79 Å². The molecule has 0 unspecified atom stereocenters. The average Bonchev–Trinajstić information content (AvgIpc) is 2.78. The van der Waals surface area contributed by atoms with E-state index in [9.17, 15) is 4.79 Å². The highest BCUT2D eigenvalue weighted by atomic mass is 16.5. The van der Waals surface area contributed by atoms with Gasteiger partial charge in [-0.2, -0.15) is 0 Å². The number of anilines is 3. The van der Waals surface area contributed by atoms with E-state index in [2.05, 4.69) is 15.6 Å². The molecular weight excluding hydrogens is 374 g/mol. The Morgan fingerprint density at radius 1 is 0.800 bits per heavy atom. The average molecular weight is 395 g/mol. The van der Waals surface area contributed by atoms with E-state index in [0.717, 1.165) is 17.0 Å². The number of para-hydroxylation sites is 3. The zero-order chi connectivity index (χ0) is 20.6. The number of amides is 1. The van der Waals surface area contributed by atoms with Gasteiger partial charge in [0, 0.05) is 0 Å². The van der Waals surface area contributed by atoms with Crippen molar-refractivity contribution >= 4 is 23.1 Å². The smallest absolute Gasteiger partial charge is 0.228 e. The topological polar surface area (TPSA) is 63.2 Å². The van der Waals surface area contributed by atoms with Crippen molar-refractivity contribution < 1.29 is 9.53 Å². The maximum absolute atomic E-state index is 12.2. The predicted molar refractivity (Wildman–Crippen MR) is 119 cm³/mol. The van der Waals surface area contributed by atoms with Crippen molar-refractivity contribution in [2.75, 3.05) is 10.6 Å². The SMILES string of the molecule is O=C(Cc1ccccc1)Nc1ccc(Nc2ccccc2Oc2ccccc2)nc1. The molecule has 0 bridgehead atoms. The van der Waals surface area contributed by atoms with Crippen LogP contribution in [0.15, 0.2) is 103 Å². The number of nitrogens with one attached hydrogen (secondary N) is 2. The van der Waals surface area contributed by atoms with Crippen LogP contribution >= 0.6 is 0 Å². The van der Waals surface area contributed by atoms with Gasteiger partial charge in [-0.05, 0) is 42.0 Å². The molecule has 0 spiro atoms. The van der Waals surface area contributed by atoms with Gasteiger partial charge in [0.25, 0.3) is 0 Å². The molecule has 0 aliphatic heterocycles. The van der Waals surface area contributed by atoms with Crippen molar-refractivity contribution in [2.45, 2.75) is 6.42 Å². The fraction of sp³-hybridized carbons (Fsp3) is 0.0400. The van der Waals surface area contributed by atoms with E-state index in [0.29, 0.717) is 23.7 Å². The fourth-order valence-electron chi connectivity index (χ4n) is 2.94. The molecule has 2 N–H and O–H groups in total. The Hall–Kier alpha value is -4.12. The second-order valence-electron chi connectivity index (χ2n) is 6.68. The molecule has 0 aliphatic rings. The summed E-state index contributed by atoms with van der Waals surface area (Å²) < 4.78 is 5.97. The van der Waals surface area contributed by atoms with Crippen LogP contribution in [-0.4, -0.2) is 10.9 Å². The van der Waals surface area contributed by atoms with Crippen LogP contribution in [0, 0.1) is 0 Å².